The first kappa shape index (κ1) is 31.6. The second-order valence-electron chi connectivity index (χ2n) is 14.1. The van der Waals surface area contributed by atoms with Crippen LogP contribution in [0.5, 0.6) is 0 Å². The Bertz CT molecular complexity index is 3210. The topological polar surface area (TPSA) is 8.17 Å². The van der Waals surface area contributed by atoms with Gasteiger partial charge >= 0.3 is 0 Å². The lowest BCUT2D eigenvalue weighted by molar-refractivity contribution is 1.19. The third-order valence-electron chi connectivity index (χ3n) is 11.0. The van der Waals surface area contributed by atoms with Crippen LogP contribution in [-0.2, 0) is 0 Å². The SMILES string of the molecule is c1ccc(-c2ccccc2N(c2cccc(-c3cccc4c3c3ccc5ccccc5c3n4-c3ccccc3)c2)c2ccc3sc4ccccc4c3c2)cc1. The smallest absolute Gasteiger partial charge is 0.0619 e. The molecule has 0 spiro atoms. The van der Waals surface area contributed by atoms with Gasteiger partial charge in [0.05, 0.1) is 16.7 Å². The van der Waals surface area contributed by atoms with E-state index in [2.05, 4.69) is 216 Å². The Hall–Kier alpha value is -6.94. The number of nitrogens with zero attached hydrogens (tertiary/aromatic N) is 2. The van der Waals surface area contributed by atoms with Crippen molar-refractivity contribution in [1.29, 1.82) is 0 Å². The molecular formula is C52H34N2S. The van der Waals surface area contributed by atoms with Crippen LogP contribution in [-0.4, -0.2) is 4.57 Å². The van der Waals surface area contributed by atoms with Crippen molar-refractivity contribution in [3.63, 3.8) is 0 Å². The van der Waals surface area contributed by atoms with E-state index in [9.17, 15) is 0 Å². The van der Waals surface area contributed by atoms with Gasteiger partial charge < -0.3 is 9.47 Å². The van der Waals surface area contributed by atoms with Gasteiger partial charge in [-0.15, -0.1) is 11.3 Å². The van der Waals surface area contributed by atoms with Gasteiger partial charge in [0.15, 0.2) is 0 Å². The van der Waals surface area contributed by atoms with E-state index in [0.29, 0.717) is 0 Å². The molecule has 0 aliphatic heterocycles. The van der Waals surface area contributed by atoms with Crippen molar-refractivity contribution in [2.75, 3.05) is 4.90 Å². The lowest BCUT2D eigenvalue weighted by Crippen LogP contribution is -2.11. The molecule has 0 atom stereocenters. The van der Waals surface area contributed by atoms with Gasteiger partial charge in [0.1, 0.15) is 0 Å². The van der Waals surface area contributed by atoms with Crippen molar-refractivity contribution in [3.8, 4) is 27.9 Å². The summed E-state index contributed by atoms with van der Waals surface area (Å²) in [5, 5.41) is 7.57. The van der Waals surface area contributed by atoms with Crippen LogP contribution in [0.15, 0.2) is 206 Å². The van der Waals surface area contributed by atoms with Crippen LogP contribution < -0.4 is 4.90 Å². The zero-order valence-electron chi connectivity index (χ0n) is 29.9. The van der Waals surface area contributed by atoms with E-state index in [1.54, 1.807) is 0 Å². The normalized spacial score (nSPS) is 11.6. The summed E-state index contributed by atoms with van der Waals surface area (Å²) in [7, 11) is 0. The molecule has 0 bridgehead atoms. The van der Waals surface area contributed by atoms with Crippen LogP contribution >= 0.6 is 11.3 Å². The first-order chi connectivity index (χ1) is 27.3. The highest BCUT2D eigenvalue weighted by molar-refractivity contribution is 7.25. The van der Waals surface area contributed by atoms with Gasteiger partial charge in [0.25, 0.3) is 0 Å². The summed E-state index contributed by atoms with van der Waals surface area (Å²) in [6.07, 6.45) is 0. The average Bonchev–Trinajstić information content (AvgIpc) is 3.81. The number of hydrogen-bond acceptors (Lipinski definition) is 2. The number of fused-ring (bicyclic) bond motifs is 8. The predicted molar refractivity (Wildman–Crippen MR) is 237 cm³/mol. The highest BCUT2D eigenvalue weighted by atomic mass is 32.1. The molecule has 0 amide bonds. The van der Waals surface area contributed by atoms with E-state index in [-0.39, 0.29) is 0 Å². The molecule has 0 radical (unpaired) electrons. The number of benzene rings is 9. The van der Waals surface area contributed by atoms with Gasteiger partial charge in [0.2, 0.25) is 0 Å². The van der Waals surface area contributed by atoms with E-state index in [0.717, 1.165) is 22.7 Å². The minimum atomic E-state index is 1.11. The van der Waals surface area contributed by atoms with Crippen molar-refractivity contribution in [2.24, 2.45) is 0 Å². The summed E-state index contributed by atoms with van der Waals surface area (Å²) >= 11 is 1.86. The number of aromatic nitrogens is 1. The standard InChI is InChI=1S/C52H34N2S/c1-3-15-35(16-4-1)41-22-9-11-26-47(41)53(40-30-32-50-46(34-40)44-24-10-12-28-49(44)55-50)39-21-13-18-37(33-39)42-25-14-27-48-51(42)45-31-29-36-17-7-8-23-43(36)52(45)54(48)38-19-5-2-6-20-38/h1-34H. The van der Waals surface area contributed by atoms with Crippen molar-refractivity contribution in [1.82, 2.24) is 4.57 Å². The largest absolute Gasteiger partial charge is 0.310 e. The van der Waals surface area contributed by atoms with Gasteiger partial charge in [-0.3, -0.25) is 0 Å². The maximum Gasteiger partial charge on any atom is 0.0619 e. The summed E-state index contributed by atoms with van der Waals surface area (Å²) in [5.41, 5.74) is 11.7. The minimum Gasteiger partial charge on any atom is -0.310 e. The molecule has 2 heterocycles. The maximum absolute atomic E-state index is 2.45. The fourth-order valence-corrected chi connectivity index (χ4v) is 9.62. The van der Waals surface area contributed by atoms with Crippen LogP contribution in [0.1, 0.15) is 0 Å². The van der Waals surface area contributed by atoms with Gasteiger partial charge in [-0.25, -0.2) is 0 Å². The molecule has 0 N–H and O–H groups in total. The second-order valence-corrected chi connectivity index (χ2v) is 15.2. The second kappa shape index (κ2) is 12.9. The van der Waals surface area contributed by atoms with Gasteiger partial charge in [0, 0.05) is 59.0 Å². The molecule has 11 aromatic rings. The molecule has 55 heavy (non-hydrogen) atoms. The molecule has 2 aromatic heterocycles. The molecule has 258 valence electrons. The van der Waals surface area contributed by atoms with E-state index in [1.807, 2.05) is 11.3 Å². The van der Waals surface area contributed by atoms with Crippen LogP contribution in [0.2, 0.25) is 0 Å². The maximum atomic E-state index is 2.45. The molecule has 0 unspecified atom stereocenters. The third-order valence-corrected chi connectivity index (χ3v) is 12.1. The average molecular weight is 719 g/mol. The Kier molecular flexibility index (Phi) is 7.39. The lowest BCUT2D eigenvalue weighted by atomic mass is 9.97. The van der Waals surface area contributed by atoms with Crippen LogP contribution in [0.3, 0.4) is 0 Å². The summed E-state index contributed by atoms with van der Waals surface area (Å²) in [6.45, 7) is 0. The van der Waals surface area contributed by atoms with Crippen molar-refractivity contribution in [2.45, 2.75) is 0 Å². The number of para-hydroxylation sites is 2. The Morgan fingerprint density at radius 1 is 0.400 bits per heavy atom. The van der Waals surface area contributed by atoms with E-state index >= 15 is 0 Å². The monoisotopic (exact) mass is 718 g/mol. The number of thiophene rings is 1. The predicted octanol–water partition coefficient (Wildman–Crippen LogP) is 15.1. The van der Waals surface area contributed by atoms with Crippen LogP contribution in [0, 0.1) is 0 Å². The third kappa shape index (κ3) is 5.16. The first-order valence-corrected chi connectivity index (χ1v) is 19.6. The van der Waals surface area contributed by atoms with Crippen LogP contribution in [0.25, 0.3) is 80.7 Å². The number of anilines is 3. The molecule has 0 aliphatic rings. The summed E-state index contributed by atoms with van der Waals surface area (Å²) in [5.74, 6) is 0. The van der Waals surface area contributed by atoms with Crippen molar-refractivity contribution >= 4 is 81.1 Å². The Morgan fingerprint density at radius 2 is 1.07 bits per heavy atom. The fraction of sp³-hybridized carbons (Fsp3) is 0. The zero-order chi connectivity index (χ0) is 36.3. The number of rotatable bonds is 6. The molecule has 0 saturated heterocycles. The number of hydrogen-bond donors (Lipinski definition) is 0. The quantitative estimate of drug-likeness (QED) is 0.166. The zero-order valence-corrected chi connectivity index (χ0v) is 30.7. The molecular weight excluding hydrogens is 685 g/mol. The van der Waals surface area contributed by atoms with E-state index in [1.165, 1.54) is 75.0 Å². The molecule has 0 saturated carbocycles. The van der Waals surface area contributed by atoms with Crippen molar-refractivity contribution in [3.05, 3.63) is 206 Å². The minimum absolute atomic E-state index is 1.11. The Balaban J connectivity index is 1.17. The van der Waals surface area contributed by atoms with Crippen LogP contribution in [0.4, 0.5) is 17.1 Å². The van der Waals surface area contributed by atoms with Gasteiger partial charge in [-0.1, -0.05) is 146 Å². The molecule has 11 rings (SSSR count). The van der Waals surface area contributed by atoms with Gasteiger partial charge in [-0.05, 0) is 82.7 Å². The Morgan fingerprint density at radius 3 is 1.96 bits per heavy atom. The summed E-state index contributed by atoms with van der Waals surface area (Å²) < 4.78 is 5.05. The lowest BCUT2D eigenvalue weighted by Gasteiger charge is -2.28. The molecule has 3 heteroatoms. The Labute approximate surface area is 323 Å². The molecule has 2 nitrogen and oxygen atoms in total. The van der Waals surface area contributed by atoms with E-state index in [4.69, 9.17) is 0 Å². The highest BCUT2D eigenvalue weighted by Gasteiger charge is 2.21. The molecule has 9 aromatic carbocycles. The van der Waals surface area contributed by atoms with Gasteiger partial charge in [-0.2, -0.15) is 0 Å². The molecule has 0 fully saturated rings. The summed E-state index contributed by atoms with van der Waals surface area (Å²) in [4.78, 5) is 2.44. The van der Waals surface area contributed by atoms with Crippen molar-refractivity contribution < 1.29 is 0 Å². The van der Waals surface area contributed by atoms with E-state index < -0.39 is 0 Å². The highest BCUT2D eigenvalue weighted by Crippen LogP contribution is 2.46. The fourth-order valence-electron chi connectivity index (χ4n) is 8.54. The first-order valence-electron chi connectivity index (χ1n) is 18.8. The molecule has 0 aliphatic carbocycles. The summed E-state index contributed by atoms with van der Waals surface area (Å²) in [6, 6.07) is 75.2.